The molecule has 0 radical (unpaired) electrons. The molecule has 0 spiro atoms. The van der Waals surface area contributed by atoms with Crippen molar-refractivity contribution in [3.63, 3.8) is 0 Å². The summed E-state index contributed by atoms with van der Waals surface area (Å²) in [5.41, 5.74) is 4.30. The molecule has 1 atom stereocenters. The minimum Gasteiger partial charge on any atom is -0.472 e. The Morgan fingerprint density at radius 3 is 2.45 bits per heavy atom. The maximum atomic E-state index is 12.8. The van der Waals surface area contributed by atoms with E-state index in [9.17, 15) is 4.79 Å². The van der Waals surface area contributed by atoms with Gasteiger partial charge in [0.1, 0.15) is 6.10 Å². The third kappa shape index (κ3) is 4.43. The summed E-state index contributed by atoms with van der Waals surface area (Å²) >= 11 is 0. The highest BCUT2D eigenvalue weighted by Crippen LogP contribution is 2.22. The van der Waals surface area contributed by atoms with E-state index in [4.69, 9.17) is 4.74 Å². The Morgan fingerprint density at radius 2 is 1.61 bits per heavy atom. The summed E-state index contributed by atoms with van der Waals surface area (Å²) in [6.07, 6.45) is 1.22. The smallest absolute Gasteiger partial charge is 0.227 e. The summed E-state index contributed by atoms with van der Waals surface area (Å²) in [5, 5.41) is 1.09. The fourth-order valence-electron chi connectivity index (χ4n) is 4.07. The van der Waals surface area contributed by atoms with Gasteiger partial charge in [-0.05, 0) is 28.8 Å². The molecule has 0 N–H and O–H groups in total. The number of rotatable bonds is 5. The van der Waals surface area contributed by atoms with Crippen LogP contribution in [0.15, 0.2) is 91.0 Å². The lowest BCUT2D eigenvalue weighted by molar-refractivity contribution is -0.129. The number of fused-ring (bicyclic) bond motifs is 1. The van der Waals surface area contributed by atoms with Crippen LogP contribution >= 0.6 is 0 Å². The molecule has 4 aromatic rings. The van der Waals surface area contributed by atoms with E-state index < -0.39 is 0 Å². The third-order valence-corrected chi connectivity index (χ3v) is 5.77. The molecular weight excluding hydrogens is 384 g/mol. The Kier molecular flexibility index (Phi) is 5.36. The fourth-order valence-corrected chi connectivity index (χ4v) is 4.07. The van der Waals surface area contributed by atoms with Gasteiger partial charge in [-0.25, -0.2) is 4.98 Å². The van der Waals surface area contributed by atoms with Crippen LogP contribution in [0.2, 0.25) is 0 Å². The van der Waals surface area contributed by atoms with Gasteiger partial charge < -0.3 is 9.64 Å². The highest BCUT2D eigenvalue weighted by molar-refractivity contribution is 5.80. The van der Waals surface area contributed by atoms with E-state index in [2.05, 4.69) is 29.2 Å². The van der Waals surface area contributed by atoms with Crippen LogP contribution in [0.25, 0.3) is 22.0 Å². The molecule has 1 aliphatic heterocycles. The van der Waals surface area contributed by atoms with Crippen LogP contribution in [-0.4, -0.2) is 35.0 Å². The van der Waals surface area contributed by atoms with Gasteiger partial charge in [-0.15, -0.1) is 0 Å². The number of aromatic nitrogens is 1. The SMILES string of the molecule is O=C(Cc1ccc(-c2ccccc2)cc1)N1CCC(Oc2ccc3ccccc3n2)C1. The van der Waals surface area contributed by atoms with Gasteiger partial charge in [0, 0.05) is 24.4 Å². The first-order valence-electron chi connectivity index (χ1n) is 10.7. The van der Waals surface area contributed by atoms with Crippen LogP contribution in [0.5, 0.6) is 5.88 Å². The molecule has 5 rings (SSSR count). The van der Waals surface area contributed by atoms with E-state index >= 15 is 0 Å². The molecule has 31 heavy (non-hydrogen) atoms. The Hall–Kier alpha value is -3.66. The Balaban J connectivity index is 1.18. The molecule has 1 amide bonds. The quantitative estimate of drug-likeness (QED) is 0.460. The largest absolute Gasteiger partial charge is 0.472 e. The average molecular weight is 409 g/mol. The lowest BCUT2D eigenvalue weighted by Crippen LogP contribution is -2.32. The van der Waals surface area contributed by atoms with E-state index in [1.165, 1.54) is 5.56 Å². The van der Waals surface area contributed by atoms with Gasteiger partial charge >= 0.3 is 0 Å². The van der Waals surface area contributed by atoms with Crippen molar-refractivity contribution in [1.29, 1.82) is 0 Å². The number of hydrogen-bond acceptors (Lipinski definition) is 3. The highest BCUT2D eigenvalue weighted by Gasteiger charge is 2.27. The standard InChI is InChI=1S/C27H24N2O2/c30-27(18-20-10-12-22(13-11-20)21-6-2-1-3-7-21)29-17-16-24(19-29)31-26-15-14-23-8-4-5-9-25(23)28-26/h1-15,24H,16-19H2. The minimum atomic E-state index is -0.0157. The van der Waals surface area contributed by atoms with Gasteiger partial charge in [-0.3, -0.25) is 4.79 Å². The van der Waals surface area contributed by atoms with Crippen molar-refractivity contribution >= 4 is 16.8 Å². The zero-order valence-corrected chi connectivity index (χ0v) is 17.3. The molecule has 0 bridgehead atoms. The number of carbonyl (C=O) groups is 1. The van der Waals surface area contributed by atoms with Crippen molar-refractivity contribution in [2.24, 2.45) is 0 Å². The van der Waals surface area contributed by atoms with Crippen molar-refractivity contribution in [3.8, 4) is 17.0 Å². The second-order valence-electron chi connectivity index (χ2n) is 7.95. The van der Waals surface area contributed by atoms with E-state index in [1.807, 2.05) is 71.6 Å². The minimum absolute atomic E-state index is 0.0157. The molecule has 1 aliphatic rings. The molecule has 4 nitrogen and oxygen atoms in total. The van der Waals surface area contributed by atoms with E-state index in [-0.39, 0.29) is 12.0 Å². The van der Waals surface area contributed by atoms with Gasteiger partial charge in [0.15, 0.2) is 0 Å². The average Bonchev–Trinajstić information content (AvgIpc) is 3.29. The summed E-state index contributed by atoms with van der Waals surface area (Å²) in [4.78, 5) is 19.3. The fraction of sp³-hybridized carbons (Fsp3) is 0.185. The summed E-state index contributed by atoms with van der Waals surface area (Å²) in [5.74, 6) is 0.763. The maximum Gasteiger partial charge on any atom is 0.227 e. The normalized spacial score (nSPS) is 15.9. The topological polar surface area (TPSA) is 42.4 Å². The van der Waals surface area contributed by atoms with Crippen molar-refractivity contribution in [2.75, 3.05) is 13.1 Å². The number of benzene rings is 3. The monoisotopic (exact) mass is 408 g/mol. The molecule has 2 heterocycles. The van der Waals surface area contributed by atoms with Crippen LogP contribution in [0.3, 0.4) is 0 Å². The number of hydrogen-bond donors (Lipinski definition) is 0. The first-order valence-corrected chi connectivity index (χ1v) is 10.7. The van der Waals surface area contributed by atoms with Gasteiger partial charge in [-0.1, -0.05) is 72.8 Å². The molecule has 3 aromatic carbocycles. The van der Waals surface area contributed by atoms with Crippen LogP contribution in [-0.2, 0) is 11.2 Å². The number of likely N-dealkylation sites (tertiary alicyclic amines) is 1. The van der Waals surface area contributed by atoms with Gasteiger partial charge in [-0.2, -0.15) is 0 Å². The van der Waals surface area contributed by atoms with E-state index in [1.54, 1.807) is 0 Å². The predicted octanol–water partition coefficient (Wildman–Crippen LogP) is 5.12. The molecule has 1 aromatic heterocycles. The lowest BCUT2D eigenvalue weighted by Gasteiger charge is -2.17. The molecule has 0 saturated carbocycles. The molecule has 1 unspecified atom stereocenters. The predicted molar refractivity (Wildman–Crippen MR) is 123 cm³/mol. The number of carbonyl (C=O) groups excluding carboxylic acids is 1. The molecule has 1 fully saturated rings. The molecule has 154 valence electrons. The van der Waals surface area contributed by atoms with Crippen LogP contribution in [0.1, 0.15) is 12.0 Å². The highest BCUT2D eigenvalue weighted by atomic mass is 16.5. The Labute approximate surface area is 182 Å². The van der Waals surface area contributed by atoms with Gasteiger partial charge in [0.25, 0.3) is 0 Å². The molecule has 1 saturated heterocycles. The first-order chi connectivity index (χ1) is 15.2. The van der Waals surface area contributed by atoms with Crippen LogP contribution in [0, 0.1) is 0 Å². The summed E-state index contributed by atoms with van der Waals surface area (Å²) < 4.78 is 6.07. The number of ether oxygens (including phenoxy) is 1. The molecule has 4 heteroatoms. The molecular formula is C27H24N2O2. The summed E-state index contributed by atoms with van der Waals surface area (Å²) in [6.45, 7) is 1.33. The number of nitrogens with zero attached hydrogens (tertiary/aromatic N) is 2. The maximum absolute atomic E-state index is 12.8. The second-order valence-corrected chi connectivity index (χ2v) is 7.95. The lowest BCUT2D eigenvalue weighted by atomic mass is 10.0. The zero-order valence-electron chi connectivity index (χ0n) is 17.3. The van der Waals surface area contributed by atoms with Crippen molar-refractivity contribution in [2.45, 2.75) is 18.9 Å². The zero-order chi connectivity index (χ0) is 21.0. The van der Waals surface area contributed by atoms with Crippen molar-refractivity contribution < 1.29 is 9.53 Å². The Morgan fingerprint density at radius 1 is 0.871 bits per heavy atom. The third-order valence-electron chi connectivity index (χ3n) is 5.77. The molecule has 0 aliphatic carbocycles. The number of amides is 1. The number of pyridine rings is 1. The van der Waals surface area contributed by atoms with Gasteiger partial charge in [0.2, 0.25) is 11.8 Å². The Bertz CT molecular complexity index is 1190. The summed E-state index contributed by atoms with van der Waals surface area (Å²) in [7, 11) is 0. The van der Waals surface area contributed by atoms with Crippen molar-refractivity contribution in [3.05, 3.63) is 96.6 Å². The second kappa shape index (κ2) is 8.60. The van der Waals surface area contributed by atoms with Crippen LogP contribution in [0.4, 0.5) is 0 Å². The van der Waals surface area contributed by atoms with E-state index in [0.29, 0.717) is 18.8 Å². The van der Waals surface area contributed by atoms with Gasteiger partial charge in [0.05, 0.1) is 18.5 Å². The first kappa shape index (κ1) is 19.3. The van der Waals surface area contributed by atoms with Crippen molar-refractivity contribution in [1.82, 2.24) is 9.88 Å². The van der Waals surface area contributed by atoms with E-state index in [0.717, 1.165) is 35.0 Å². The summed E-state index contributed by atoms with van der Waals surface area (Å²) in [6, 6.07) is 30.4. The number of para-hydroxylation sites is 1. The van der Waals surface area contributed by atoms with Crippen LogP contribution < -0.4 is 4.74 Å².